The number of carbonyl (C=O) groups is 3. The van der Waals surface area contributed by atoms with Gasteiger partial charge in [0.1, 0.15) is 11.6 Å². The molecule has 0 aromatic heterocycles. The van der Waals surface area contributed by atoms with Crippen molar-refractivity contribution in [2.75, 3.05) is 49.1 Å². The van der Waals surface area contributed by atoms with E-state index in [4.69, 9.17) is 4.74 Å². The molecule has 0 saturated carbocycles. The van der Waals surface area contributed by atoms with Gasteiger partial charge >= 0.3 is 0 Å². The number of likely N-dealkylation sites (tertiary alicyclic amines) is 1. The zero-order valence-electron chi connectivity index (χ0n) is 25.9. The molecule has 2 bridgehead atoms. The molecule has 3 saturated heterocycles. The lowest BCUT2D eigenvalue weighted by Crippen LogP contribution is -2.58. The number of hydrogen-bond acceptors (Lipinski definition) is 6. The van der Waals surface area contributed by atoms with Crippen molar-refractivity contribution >= 4 is 29.1 Å². The number of ether oxygens (including phenoxy) is 1. The van der Waals surface area contributed by atoms with E-state index in [1.165, 1.54) is 4.90 Å². The predicted octanol–water partition coefficient (Wildman–Crippen LogP) is 3.62. The van der Waals surface area contributed by atoms with Gasteiger partial charge in [0.25, 0.3) is 5.91 Å². The van der Waals surface area contributed by atoms with Crippen LogP contribution in [0.15, 0.2) is 49.6 Å². The molecule has 3 fully saturated rings. The first-order chi connectivity index (χ1) is 20.1. The fraction of sp³-hybridized carbons (Fsp3) is 0.606. The van der Waals surface area contributed by atoms with E-state index >= 15 is 0 Å². The van der Waals surface area contributed by atoms with Gasteiger partial charge in [0.2, 0.25) is 11.8 Å². The SMILES string of the molecule is C=CCN(CCC)C(=O)[C@@H]1[C@H]2C(=O)N([C@H](C)CO)C(C(=O)N(CC=C)c3ccc(N(CC)CC)cc3)C23CC[C@@]1(C)O3. The van der Waals surface area contributed by atoms with E-state index < -0.39 is 35.1 Å². The Morgan fingerprint density at radius 2 is 1.69 bits per heavy atom. The fourth-order valence-corrected chi connectivity index (χ4v) is 7.53. The van der Waals surface area contributed by atoms with Gasteiger partial charge in [-0.05, 0) is 71.2 Å². The highest BCUT2D eigenvalue weighted by molar-refractivity contribution is 6.05. The van der Waals surface area contributed by atoms with Gasteiger partial charge < -0.3 is 29.4 Å². The summed E-state index contributed by atoms with van der Waals surface area (Å²) >= 11 is 0. The molecule has 9 heteroatoms. The van der Waals surface area contributed by atoms with Crippen molar-refractivity contribution in [2.45, 2.75) is 77.2 Å². The van der Waals surface area contributed by atoms with Crippen molar-refractivity contribution in [3.63, 3.8) is 0 Å². The van der Waals surface area contributed by atoms with E-state index in [1.54, 1.807) is 28.9 Å². The van der Waals surface area contributed by atoms with Crippen LogP contribution in [0, 0.1) is 11.8 Å². The molecule has 42 heavy (non-hydrogen) atoms. The standard InChI is InChI=1S/C33H48N4O5/c1-8-19-35(20-9-2)29(39)26-27-30(40)37(23(6)22-38)28(33(27)18-17-32(26,7)42-33)31(41)36(21-10-3)25-15-13-24(14-16-25)34(11-4)12-5/h8,10,13-16,23,26-28,38H,1,3,9,11-12,17-22H2,2,4-7H3/t23-,26+,27+,28?,32-,33?/m1/s1. The molecule has 3 aliphatic rings. The molecule has 3 heterocycles. The molecule has 2 unspecified atom stereocenters. The van der Waals surface area contributed by atoms with Crippen LogP contribution < -0.4 is 9.80 Å². The second kappa shape index (κ2) is 12.6. The minimum Gasteiger partial charge on any atom is -0.394 e. The fourth-order valence-electron chi connectivity index (χ4n) is 7.53. The minimum absolute atomic E-state index is 0.140. The quantitative estimate of drug-likeness (QED) is 0.338. The third kappa shape index (κ3) is 5.04. The topological polar surface area (TPSA) is 93.6 Å². The first-order valence-corrected chi connectivity index (χ1v) is 15.4. The lowest BCUT2D eigenvalue weighted by molar-refractivity contribution is -0.151. The van der Waals surface area contributed by atoms with Crippen molar-refractivity contribution in [1.82, 2.24) is 9.80 Å². The van der Waals surface area contributed by atoms with Crippen LogP contribution in [-0.4, -0.2) is 95.2 Å². The summed E-state index contributed by atoms with van der Waals surface area (Å²) in [5, 5.41) is 10.2. The third-order valence-electron chi connectivity index (χ3n) is 9.48. The molecule has 6 atom stereocenters. The summed E-state index contributed by atoms with van der Waals surface area (Å²) in [6, 6.07) is 6.20. The van der Waals surface area contributed by atoms with E-state index in [2.05, 4.69) is 31.9 Å². The van der Waals surface area contributed by atoms with Crippen molar-refractivity contribution in [3.05, 3.63) is 49.6 Å². The molecule has 230 valence electrons. The van der Waals surface area contributed by atoms with Crippen LogP contribution >= 0.6 is 0 Å². The van der Waals surface area contributed by atoms with Gasteiger partial charge in [-0.2, -0.15) is 0 Å². The molecule has 0 radical (unpaired) electrons. The molecule has 1 aromatic rings. The summed E-state index contributed by atoms with van der Waals surface area (Å²) in [4.78, 5) is 50.2. The van der Waals surface area contributed by atoms with Crippen molar-refractivity contribution < 1.29 is 24.2 Å². The van der Waals surface area contributed by atoms with Crippen molar-refractivity contribution in [2.24, 2.45) is 11.8 Å². The highest BCUT2D eigenvalue weighted by atomic mass is 16.5. The first kappa shape index (κ1) is 31.8. The van der Waals surface area contributed by atoms with E-state index in [0.717, 1.165) is 25.2 Å². The normalized spacial score (nSPS) is 28.4. The predicted molar refractivity (Wildman–Crippen MR) is 165 cm³/mol. The van der Waals surface area contributed by atoms with E-state index in [0.29, 0.717) is 31.6 Å². The second-order valence-corrected chi connectivity index (χ2v) is 12.0. The molecule has 3 amide bonds. The summed E-state index contributed by atoms with van der Waals surface area (Å²) in [7, 11) is 0. The highest BCUT2D eigenvalue weighted by Crippen LogP contribution is 2.64. The number of rotatable bonds is 14. The lowest BCUT2D eigenvalue weighted by Gasteiger charge is -2.38. The number of anilines is 2. The maximum Gasteiger partial charge on any atom is 0.253 e. The molecule has 1 spiro atoms. The molecule has 3 aliphatic heterocycles. The number of carbonyl (C=O) groups excluding carboxylic acids is 3. The minimum atomic E-state index is -1.17. The Kier molecular flexibility index (Phi) is 9.52. The summed E-state index contributed by atoms with van der Waals surface area (Å²) in [5.41, 5.74) is -0.291. The zero-order chi connectivity index (χ0) is 30.8. The van der Waals surface area contributed by atoms with Crippen LogP contribution in [-0.2, 0) is 19.1 Å². The number of aliphatic hydroxyl groups is 1. The molecular formula is C33H48N4O5. The Balaban J connectivity index is 1.78. The number of nitrogens with zero attached hydrogens (tertiary/aromatic N) is 4. The van der Waals surface area contributed by atoms with Crippen LogP contribution in [0.5, 0.6) is 0 Å². The molecule has 1 N–H and O–H groups in total. The van der Waals surface area contributed by atoms with Gasteiger partial charge in [0.05, 0.1) is 30.1 Å². The van der Waals surface area contributed by atoms with Crippen LogP contribution in [0.25, 0.3) is 0 Å². The largest absolute Gasteiger partial charge is 0.394 e. The van der Waals surface area contributed by atoms with Crippen molar-refractivity contribution in [1.29, 1.82) is 0 Å². The summed E-state index contributed by atoms with van der Waals surface area (Å²) in [6.07, 6.45) is 5.17. The number of benzene rings is 1. The average molecular weight is 581 g/mol. The van der Waals surface area contributed by atoms with Crippen LogP contribution in [0.3, 0.4) is 0 Å². The molecule has 1 aromatic carbocycles. The first-order valence-electron chi connectivity index (χ1n) is 15.4. The number of hydrogen-bond donors (Lipinski definition) is 1. The molecule has 9 nitrogen and oxygen atoms in total. The average Bonchev–Trinajstić information content (AvgIpc) is 3.56. The number of amides is 3. The van der Waals surface area contributed by atoms with E-state index in [9.17, 15) is 19.5 Å². The zero-order valence-corrected chi connectivity index (χ0v) is 25.9. The Morgan fingerprint density at radius 3 is 2.24 bits per heavy atom. The maximum absolute atomic E-state index is 14.7. The van der Waals surface area contributed by atoms with Gasteiger partial charge in [-0.25, -0.2) is 0 Å². The van der Waals surface area contributed by atoms with Gasteiger partial charge in [-0.3, -0.25) is 14.4 Å². The van der Waals surface area contributed by atoms with E-state index in [1.807, 2.05) is 38.1 Å². The van der Waals surface area contributed by atoms with E-state index in [-0.39, 0.29) is 30.9 Å². The molecular weight excluding hydrogens is 532 g/mol. The third-order valence-corrected chi connectivity index (χ3v) is 9.48. The van der Waals surface area contributed by atoms with Crippen molar-refractivity contribution in [3.8, 4) is 0 Å². The summed E-state index contributed by atoms with van der Waals surface area (Å²) in [5.74, 6) is -2.28. The lowest BCUT2D eigenvalue weighted by atomic mass is 9.66. The van der Waals surface area contributed by atoms with Gasteiger partial charge in [0, 0.05) is 44.1 Å². The van der Waals surface area contributed by atoms with Gasteiger partial charge in [0.15, 0.2) is 0 Å². The smallest absolute Gasteiger partial charge is 0.253 e. The number of aliphatic hydroxyl groups excluding tert-OH is 1. The monoisotopic (exact) mass is 580 g/mol. The Hall–Kier alpha value is -3.17. The molecule has 0 aliphatic carbocycles. The Bertz CT molecular complexity index is 1180. The second-order valence-electron chi connectivity index (χ2n) is 12.0. The summed E-state index contributed by atoms with van der Waals surface area (Å²) < 4.78 is 6.79. The van der Waals surface area contributed by atoms with Crippen LogP contribution in [0.4, 0.5) is 11.4 Å². The summed E-state index contributed by atoms with van der Waals surface area (Å²) in [6.45, 7) is 20.1. The van der Waals surface area contributed by atoms with Crippen LogP contribution in [0.1, 0.15) is 53.9 Å². The van der Waals surface area contributed by atoms with Gasteiger partial charge in [-0.15, -0.1) is 13.2 Å². The van der Waals surface area contributed by atoms with Gasteiger partial charge in [-0.1, -0.05) is 19.1 Å². The number of fused-ring (bicyclic) bond motifs is 1. The maximum atomic E-state index is 14.7. The molecule has 4 rings (SSSR count). The highest BCUT2D eigenvalue weighted by Gasteiger charge is 2.78. The van der Waals surface area contributed by atoms with Crippen LogP contribution in [0.2, 0.25) is 0 Å². The Labute approximate surface area is 250 Å². The Morgan fingerprint density at radius 1 is 1.07 bits per heavy atom.